The predicted octanol–water partition coefficient (Wildman–Crippen LogP) is 2.26. The molecular weight excluding hydrogens is 366 g/mol. The lowest BCUT2D eigenvalue weighted by atomic mass is 10.1. The van der Waals surface area contributed by atoms with E-state index in [0.717, 1.165) is 16.1 Å². The molecule has 144 valence electrons. The van der Waals surface area contributed by atoms with E-state index in [9.17, 15) is 18.3 Å². The number of benzene rings is 2. The lowest BCUT2D eigenvalue weighted by Crippen LogP contribution is -2.39. The first kappa shape index (κ1) is 20.4. The minimum Gasteiger partial charge on any atom is -0.507 e. The number of hydrogen-bond donors (Lipinski definition) is 2. The Morgan fingerprint density at radius 2 is 1.78 bits per heavy atom. The molecule has 0 bridgehead atoms. The molecule has 0 atom stereocenters. The highest BCUT2D eigenvalue weighted by Crippen LogP contribution is 2.23. The molecule has 2 aromatic rings. The van der Waals surface area contributed by atoms with Crippen molar-refractivity contribution < 1.29 is 18.3 Å². The molecule has 0 aliphatic rings. The van der Waals surface area contributed by atoms with Gasteiger partial charge in [-0.2, -0.15) is 5.10 Å². The minimum atomic E-state index is -3.66. The molecule has 2 aromatic carbocycles. The zero-order valence-electron chi connectivity index (χ0n) is 15.5. The van der Waals surface area contributed by atoms with Crippen LogP contribution in [0.1, 0.15) is 25.0 Å². The first-order chi connectivity index (χ1) is 12.7. The number of para-hydroxylation sites is 2. The SMILES string of the molecule is CCc1ccccc1N(CC(=O)N/N=C(/C)c1ccccc1O)S(C)(=O)=O. The number of amides is 1. The molecule has 0 aliphatic carbocycles. The Morgan fingerprint density at radius 1 is 1.15 bits per heavy atom. The van der Waals surface area contributed by atoms with Crippen molar-refractivity contribution in [2.75, 3.05) is 17.1 Å². The van der Waals surface area contributed by atoms with Crippen LogP contribution in [0.5, 0.6) is 5.75 Å². The van der Waals surface area contributed by atoms with E-state index in [1.807, 2.05) is 19.1 Å². The summed E-state index contributed by atoms with van der Waals surface area (Å²) < 4.78 is 25.5. The van der Waals surface area contributed by atoms with Gasteiger partial charge in [0, 0.05) is 5.56 Å². The number of nitrogens with zero attached hydrogens (tertiary/aromatic N) is 2. The van der Waals surface area contributed by atoms with Gasteiger partial charge in [0.05, 0.1) is 17.7 Å². The summed E-state index contributed by atoms with van der Waals surface area (Å²) >= 11 is 0. The highest BCUT2D eigenvalue weighted by atomic mass is 32.2. The second-order valence-corrected chi connectivity index (χ2v) is 7.91. The summed E-state index contributed by atoms with van der Waals surface area (Å²) in [4.78, 5) is 12.3. The summed E-state index contributed by atoms with van der Waals surface area (Å²) in [7, 11) is -3.66. The Kier molecular flexibility index (Phi) is 6.57. The number of aromatic hydroxyl groups is 1. The Balaban J connectivity index is 2.20. The van der Waals surface area contributed by atoms with Crippen LogP contribution < -0.4 is 9.73 Å². The molecule has 8 heteroatoms. The molecule has 27 heavy (non-hydrogen) atoms. The monoisotopic (exact) mass is 389 g/mol. The van der Waals surface area contributed by atoms with E-state index >= 15 is 0 Å². The summed E-state index contributed by atoms with van der Waals surface area (Å²) in [5.74, 6) is -0.538. The molecule has 7 nitrogen and oxygen atoms in total. The number of carbonyl (C=O) groups excluding carboxylic acids is 1. The maximum absolute atomic E-state index is 12.3. The maximum atomic E-state index is 12.3. The minimum absolute atomic E-state index is 0.0441. The summed E-state index contributed by atoms with van der Waals surface area (Å²) in [5, 5.41) is 13.8. The summed E-state index contributed by atoms with van der Waals surface area (Å²) in [6.45, 7) is 3.16. The van der Waals surface area contributed by atoms with Crippen molar-refractivity contribution in [3.05, 3.63) is 59.7 Å². The van der Waals surface area contributed by atoms with Crippen molar-refractivity contribution in [1.82, 2.24) is 5.43 Å². The van der Waals surface area contributed by atoms with E-state index in [1.165, 1.54) is 6.07 Å². The van der Waals surface area contributed by atoms with E-state index in [4.69, 9.17) is 0 Å². The van der Waals surface area contributed by atoms with Gasteiger partial charge in [-0.1, -0.05) is 37.3 Å². The predicted molar refractivity (Wildman–Crippen MR) is 106 cm³/mol. The van der Waals surface area contributed by atoms with Crippen LogP contribution in [0.25, 0.3) is 0 Å². The topological polar surface area (TPSA) is 99.1 Å². The zero-order valence-corrected chi connectivity index (χ0v) is 16.3. The van der Waals surface area contributed by atoms with Crippen LogP contribution in [0.4, 0.5) is 5.69 Å². The van der Waals surface area contributed by atoms with Crippen LogP contribution in [0.2, 0.25) is 0 Å². The van der Waals surface area contributed by atoms with E-state index in [-0.39, 0.29) is 5.75 Å². The number of aryl methyl sites for hydroxylation is 1. The smallest absolute Gasteiger partial charge is 0.260 e. The molecule has 0 aromatic heterocycles. The Bertz CT molecular complexity index is 955. The fraction of sp³-hybridized carbons (Fsp3) is 0.263. The molecule has 2 N–H and O–H groups in total. The Morgan fingerprint density at radius 3 is 2.41 bits per heavy atom. The number of phenols is 1. The van der Waals surface area contributed by atoms with Gasteiger partial charge in [0.15, 0.2) is 0 Å². The molecule has 0 fully saturated rings. The number of sulfonamides is 1. The van der Waals surface area contributed by atoms with Crippen molar-refractivity contribution in [2.45, 2.75) is 20.3 Å². The van der Waals surface area contributed by atoms with Crippen molar-refractivity contribution in [3.63, 3.8) is 0 Å². The summed E-state index contributed by atoms with van der Waals surface area (Å²) in [5.41, 5.74) is 4.53. The quantitative estimate of drug-likeness (QED) is 0.560. The van der Waals surface area contributed by atoms with Crippen molar-refractivity contribution >= 4 is 27.3 Å². The third kappa shape index (κ3) is 5.30. The molecule has 0 spiro atoms. The number of phenolic OH excluding ortho intramolecular Hbond substituents is 1. The van der Waals surface area contributed by atoms with Gasteiger partial charge in [-0.25, -0.2) is 13.8 Å². The molecular formula is C19H23N3O4S. The van der Waals surface area contributed by atoms with Gasteiger partial charge >= 0.3 is 0 Å². The second kappa shape index (κ2) is 8.68. The van der Waals surface area contributed by atoms with E-state index in [1.54, 1.807) is 37.3 Å². The number of hydrogen-bond acceptors (Lipinski definition) is 5. The van der Waals surface area contributed by atoms with Crippen LogP contribution in [-0.2, 0) is 21.2 Å². The van der Waals surface area contributed by atoms with Gasteiger partial charge in [0.1, 0.15) is 12.3 Å². The van der Waals surface area contributed by atoms with Crippen LogP contribution >= 0.6 is 0 Å². The van der Waals surface area contributed by atoms with Crippen LogP contribution in [0, 0.1) is 0 Å². The van der Waals surface area contributed by atoms with Crippen molar-refractivity contribution in [3.8, 4) is 5.75 Å². The maximum Gasteiger partial charge on any atom is 0.260 e. The number of rotatable bonds is 7. The van der Waals surface area contributed by atoms with Gasteiger partial charge in [-0.05, 0) is 37.1 Å². The highest BCUT2D eigenvalue weighted by molar-refractivity contribution is 7.92. The molecule has 0 heterocycles. The molecule has 2 rings (SSSR count). The van der Waals surface area contributed by atoms with Gasteiger partial charge in [-0.3, -0.25) is 9.10 Å². The summed E-state index contributed by atoms with van der Waals surface area (Å²) in [6, 6.07) is 13.6. The lowest BCUT2D eigenvalue weighted by Gasteiger charge is -2.23. The third-order valence-corrected chi connectivity index (χ3v) is 5.10. The first-order valence-electron chi connectivity index (χ1n) is 8.41. The third-order valence-electron chi connectivity index (χ3n) is 3.97. The fourth-order valence-electron chi connectivity index (χ4n) is 2.59. The second-order valence-electron chi connectivity index (χ2n) is 6.00. The Labute approximate surface area is 159 Å². The van der Waals surface area contributed by atoms with Crippen LogP contribution in [-0.4, -0.2) is 37.9 Å². The molecule has 1 amide bonds. The molecule has 0 radical (unpaired) electrons. The fourth-order valence-corrected chi connectivity index (χ4v) is 3.47. The van der Waals surface area contributed by atoms with Gasteiger partial charge in [0.25, 0.3) is 5.91 Å². The standard InChI is InChI=1S/C19H23N3O4S/c1-4-15-9-5-7-11-17(15)22(27(3,25)26)13-19(24)21-20-14(2)16-10-6-8-12-18(16)23/h5-12,23H,4,13H2,1-3H3,(H,21,24)/b20-14-. The van der Waals surface area contributed by atoms with Gasteiger partial charge in [0.2, 0.25) is 10.0 Å². The zero-order chi connectivity index (χ0) is 20.0. The lowest BCUT2D eigenvalue weighted by molar-refractivity contribution is -0.119. The summed E-state index contributed by atoms with van der Waals surface area (Å²) in [6.07, 6.45) is 1.69. The van der Waals surface area contributed by atoms with Crippen molar-refractivity contribution in [2.24, 2.45) is 5.10 Å². The van der Waals surface area contributed by atoms with E-state index in [2.05, 4.69) is 10.5 Å². The number of anilines is 1. The molecule has 0 saturated heterocycles. The van der Waals surface area contributed by atoms with Gasteiger partial charge < -0.3 is 5.11 Å². The molecule has 0 aliphatic heterocycles. The Hall–Kier alpha value is -2.87. The average Bonchev–Trinajstić information content (AvgIpc) is 2.63. The van der Waals surface area contributed by atoms with Crippen LogP contribution in [0.15, 0.2) is 53.6 Å². The van der Waals surface area contributed by atoms with Crippen LogP contribution in [0.3, 0.4) is 0 Å². The largest absolute Gasteiger partial charge is 0.507 e. The molecule has 0 saturated carbocycles. The number of nitrogens with one attached hydrogen (secondary N) is 1. The van der Waals surface area contributed by atoms with Crippen molar-refractivity contribution in [1.29, 1.82) is 0 Å². The normalized spacial score (nSPS) is 11.9. The van der Waals surface area contributed by atoms with E-state index < -0.39 is 22.5 Å². The first-order valence-corrected chi connectivity index (χ1v) is 10.3. The number of carbonyl (C=O) groups is 1. The highest BCUT2D eigenvalue weighted by Gasteiger charge is 2.22. The van der Waals surface area contributed by atoms with E-state index in [0.29, 0.717) is 23.4 Å². The number of hydrazone groups is 1. The van der Waals surface area contributed by atoms with Gasteiger partial charge in [-0.15, -0.1) is 0 Å². The molecule has 0 unspecified atom stereocenters. The average molecular weight is 389 g/mol.